The molecule has 1 amide bonds. The number of carbonyl (C=O) groups excluding carboxylic acids is 1. The molecule has 1 aromatic heterocycles. The zero-order chi connectivity index (χ0) is 15.8. The lowest BCUT2D eigenvalue weighted by Gasteiger charge is -2.44. The van der Waals surface area contributed by atoms with Gasteiger partial charge in [-0.15, -0.1) is 11.3 Å². The molecule has 1 aromatic carbocycles. The molecular formula is C19H22N2OS. The van der Waals surface area contributed by atoms with Gasteiger partial charge in [0.25, 0.3) is 5.91 Å². The van der Waals surface area contributed by atoms with Crippen LogP contribution in [0.3, 0.4) is 0 Å². The topological polar surface area (TPSA) is 32.3 Å². The molecule has 5 rings (SSSR count). The summed E-state index contributed by atoms with van der Waals surface area (Å²) in [5.74, 6) is 0.762. The number of aryl methyl sites for hydroxylation is 1. The van der Waals surface area contributed by atoms with Crippen molar-refractivity contribution in [1.29, 1.82) is 0 Å². The van der Waals surface area contributed by atoms with Crippen LogP contribution in [-0.4, -0.2) is 36.5 Å². The number of hydrogen-bond acceptors (Lipinski definition) is 3. The second kappa shape index (κ2) is 6.10. The Balaban J connectivity index is 1.51. The SMILES string of the molecule is Cc1sc(C(=O)NC2CN3CCC2CC3)cc1-c1ccccc1. The van der Waals surface area contributed by atoms with Gasteiger partial charge in [0.15, 0.2) is 0 Å². The van der Waals surface area contributed by atoms with Crippen molar-refractivity contribution in [2.24, 2.45) is 5.92 Å². The van der Waals surface area contributed by atoms with Gasteiger partial charge in [-0.1, -0.05) is 30.3 Å². The van der Waals surface area contributed by atoms with Crippen LogP contribution in [0.25, 0.3) is 11.1 Å². The Kier molecular flexibility index (Phi) is 3.95. The van der Waals surface area contributed by atoms with Crippen molar-refractivity contribution < 1.29 is 4.79 Å². The summed E-state index contributed by atoms with van der Waals surface area (Å²) in [5.41, 5.74) is 2.36. The smallest absolute Gasteiger partial charge is 0.261 e. The Morgan fingerprint density at radius 2 is 1.96 bits per heavy atom. The van der Waals surface area contributed by atoms with Gasteiger partial charge in [0.05, 0.1) is 4.88 Å². The third-order valence-corrected chi connectivity index (χ3v) is 6.25. The van der Waals surface area contributed by atoms with Gasteiger partial charge in [-0.05, 0) is 56.0 Å². The first-order valence-electron chi connectivity index (χ1n) is 8.40. The molecule has 3 aliphatic rings. The monoisotopic (exact) mass is 326 g/mol. The van der Waals surface area contributed by atoms with Crippen LogP contribution in [0.4, 0.5) is 0 Å². The van der Waals surface area contributed by atoms with E-state index in [1.54, 1.807) is 11.3 Å². The molecule has 2 bridgehead atoms. The van der Waals surface area contributed by atoms with Gasteiger partial charge in [0.2, 0.25) is 0 Å². The van der Waals surface area contributed by atoms with Gasteiger partial charge in [0.1, 0.15) is 0 Å². The van der Waals surface area contributed by atoms with Crippen molar-refractivity contribution in [3.63, 3.8) is 0 Å². The molecule has 0 saturated carbocycles. The average Bonchev–Trinajstić information content (AvgIpc) is 2.99. The van der Waals surface area contributed by atoms with E-state index in [2.05, 4.69) is 29.3 Å². The van der Waals surface area contributed by atoms with Crippen molar-refractivity contribution in [2.45, 2.75) is 25.8 Å². The fourth-order valence-corrected chi connectivity index (χ4v) is 4.81. The number of hydrogen-bond donors (Lipinski definition) is 1. The van der Waals surface area contributed by atoms with E-state index in [4.69, 9.17) is 0 Å². The molecule has 4 heterocycles. The van der Waals surface area contributed by atoms with Crippen molar-refractivity contribution in [3.05, 3.63) is 46.2 Å². The number of thiophene rings is 1. The first kappa shape index (κ1) is 14.9. The first-order chi connectivity index (χ1) is 11.2. The summed E-state index contributed by atoms with van der Waals surface area (Å²) in [6, 6.07) is 12.7. The molecule has 4 heteroatoms. The second-order valence-electron chi connectivity index (χ2n) is 6.66. The third-order valence-electron chi connectivity index (χ3n) is 5.20. The molecule has 0 radical (unpaired) electrons. The molecule has 3 nitrogen and oxygen atoms in total. The Labute approximate surface area is 141 Å². The molecule has 1 N–H and O–H groups in total. The van der Waals surface area contributed by atoms with E-state index >= 15 is 0 Å². The average molecular weight is 326 g/mol. The fourth-order valence-electron chi connectivity index (χ4n) is 3.87. The molecule has 1 atom stereocenters. The van der Waals surface area contributed by atoms with E-state index < -0.39 is 0 Å². The Bertz CT molecular complexity index is 701. The quantitative estimate of drug-likeness (QED) is 0.935. The summed E-state index contributed by atoms with van der Waals surface area (Å²) >= 11 is 1.60. The Morgan fingerprint density at radius 3 is 2.61 bits per heavy atom. The maximum absolute atomic E-state index is 12.7. The predicted octanol–water partition coefficient (Wildman–Crippen LogP) is 3.55. The maximum atomic E-state index is 12.7. The lowest BCUT2D eigenvalue weighted by Crippen LogP contribution is -2.57. The number of fused-ring (bicyclic) bond motifs is 3. The number of amides is 1. The number of piperidine rings is 3. The van der Waals surface area contributed by atoms with E-state index in [0.29, 0.717) is 12.0 Å². The molecule has 3 saturated heterocycles. The third kappa shape index (κ3) is 2.93. The van der Waals surface area contributed by atoms with Crippen LogP contribution >= 0.6 is 11.3 Å². The maximum Gasteiger partial charge on any atom is 0.261 e. The molecule has 0 aliphatic carbocycles. The van der Waals surface area contributed by atoms with Crippen LogP contribution < -0.4 is 5.32 Å². The second-order valence-corrected chi connectivity index (χ2v) is 7.92. The lowest BCUT2D eigenvalue weighted by atomic mass is 9.84. The van der Waals surface area contributed by atoms with E-state index in [1.807, 2.05) is 24.3 Å². The van der Waals surface area contributed by atoms with Gasteiger partial charge in [-0.2, -0.15) is 0 Å². The molecule has 23 heavy (non-hydrogen) atoms. The van der Waals surface area contributed by atoms with E-state index in [0.717, 1.165) is 11.4 Å². The summed E-state index contributed by atoms with van der Waals surface area (Å²) in [4.78, 5) is 17.2. The summed E-state index contributed by atoms with van der Waals surface area (Å²) in [5, 5.41) is 3.29. The number of nitrogens with one attached hydrogen (secondary N) is 1. The van der Waals surface area contributed by atoms with Crippen LogP contribution in [0.2, 0.25) is 0 Å². The van der Waals surface area contributed by atoms with Gasteiger partial charge in [0, 0.05) is 17.5 Å². The van der Waals surface area contributed by atoms with Crippen LogP contribution in [0.15, 0.2) is 36.4 Å². The molecule has 3 fully saturated rings. The van der Waals surface area contributed by atoms with E-state index in [1.165, 1.54) is 41.9 Å². The van der Waals surface area contributed by atoms with Crippen molar-refractivity contribution in [2.75, 3.05) is 19.6 Å². The molecule has 0 spiro atoms. The summed E-state index contributed by atoms with van der Waals surface area (Å²) < 4.78 is 0. The zero-order valence-corrected chi connectivity index (χ0v) is 14.2. The largest absolute Gasteiger partial charge is 0.347 e. The minimum atomic E-state index is 0.0963. The number of rotatable bonds is 3. The standard InChI is InChI=1S/C19H22N2OS/c1-13-16(14-5-3-2-4-6-14)11-18(23-13)19(22)20-17-12-21-9-7-15(17)8-10-21/h2-6,11,15,17H,7-10,12H2,1H3,(H,20,22). The van der Waals surface area contributed by atoms with E-state index in [9.17, 15) is 4.79 Å². The number of nitrogens with zero attached hydrogens (tertiary/aromatic N) is 1. The summed E-state index contributed by atoms with van der Waals surface area (Å²) in [7, 11) is 0. The highest BCUT2D eigenvalue weighted by Crippen LogP contribution is 2.32. The van der Waals surface area contributed by atoms with Gasteiger partial charge < -0.3 is 10.2 Å². The minimum Gasteiger partial charge on any atom is -0.347 e. The van der Waals surface area contributed by atoms with Crippen LogP contribution in [0, 0.1) is 12.8 Å². The van der Waals surface area contributed by atoms with Crippen LogP contribution in [-0.2, 0) is 0 Å². The van der Waals surface area contributed by atoms with E-state index in [-0.39, 0.29) is 5.91 Å². The first-order valence-corrected chi connectivity index (χ1v) is 9.21. The minimum absolute atomic E-state index is 0.0963. The van der Waals surface area contributed by atoms with Crippen molar-refractivity contribution in [1.82, 2.24) is 10.2 Å². The van der Waals surface area contributed by atoms with Gasteiger partial charge >= 0.3 is 0 Å². The molecule has 3 aliphatic heterocycles. The molecule has 120 valence electrons. The van der Waals surface area contributed by atoms with Crippen molar-refractivity contribution in [3.8, 4) is 11.1 Å². The highest BCUT2D eigenvalue weighted by molar-refractivity contribution is 7.14. The summed E-state index contributed by atoms with van der Waals surface area (Å²) in [6.07, 6.45) is 2.45. The Hall–Kier alpha value is -1.65. The van der Waals surface area contributed by atoms with Crippen LogP contribution in [0.5, 0.6) is 0 Å². The Morgan fingerprint density at radius 1 is 1.22 bits per heavy atom. The highest BCUT2D eigenvalue weighted by atomic mass is 32.1. The van der Waals surface area contributed by atoms with Gasteiger partial charge in [-0.25, -0.2) is 0 Å². The lowest BCUT2D eigenvalue weighted by molar-refractivity contribution is 0.0622. The van der Waals surface area contributed by atoms with Gasteiger partial charge in [-0.3, -0.25) is 4.79 Å². The number of benzene rings is 1. The zero-order valence-electron chi connectivity index (χ0n) is 13.4. The van der Waals surface area contributed by atoms with Crippen LogP contribution in [0.1, 0.15) is 27.4 Å². The van der Waals surface area contributed by atoms with Crippen molar-refractivity contribution >= 4 is 17.2 Å². The molecular weight excluding hydrogens is 304 g/mol. The molecule has 2 aromatic rings. The summed E-state index contributed by atoms with van der Waals surface area (Å²) in [6.45, 7) is 5.52. The normalized spacial score (nSPS) is 26.2. The molecule has 1 unspecified atom stereocenters. The highest BCUT2D eigenvalue weighted by Gasteiger charge is 2.35. The number of carbonyl (C=O) groups is 1. The fraction of sp³-hybridized carbons (Fsp3) is 0.421. The predicted molar refractivity (Wildman–Crippen MR) is 94.9 cm³/mol.